The number of nitro benzene ring substituents is 1. The normalized spacial score (nSPS) is 10.9. The monoisotopic (exact) mass is 334 g/mol. The van der Waals surface area contributed by atoms with Gasteiger partial charge in [-0.2, -0.15) is 0 Å². The number of ether oxygens (including phenoxy) is 2. The average molecular weight is 335 g/mol. The van der Waals surface area contributed by atoms with Gasteiger partial charge in [-0.15, -0.1) is 0 Å². The highest BCUT2D eigenvalue weighted by molar-refractivity contribution is 6.36. The third-order valence-corrected chi connectivity index (χ3v) is 3.90. The van der Waals surface area contributed by atoms with Gasteiger partial charge in [-0.25, -0.2) is 0 Å². The van der Waals surface area contributed by atoms with E-state index < -0.39 is 10.4 Å². The summed E-state index contributed by atoms with van der Waals surface area (Å²) in [5, 5.41) is 11.7. The van der Waals surface area contributed by atoms with Crippen molar-refractivity contribution in [2.75, 3.05) is 14.2 Å². The number of nitro groups is 1. The number of non-ortho nitro benzene ring substituents is 1. The second-order valence-electron chi connectivity index (χ2n) is 4.78. The molecule has 0 saturated heterocycles. The second-order valence-corrected chi connectivity index (χ2v) is 5.19. The summed E-state index contributed by atoms with van der Waals surface area (Å²) in [4.78, 5) is 26.3. The van der Waals surface area contributed by atoms with Crippen molar-refractivity contribution in [1.82, 2.24) is 4.98 Å². The quantitative estimate of drug-likeness (QED) is 0.450. The Morgan fingerprint density at radius 1 is 1.17 bits per heavy atom. The van der Waals surface area contributed by atoms with Crippen LogP contribution in [0.25, 0.3) is 21.8 Å². The number of methoxy groups -OCH3 is 2. The van der Waals surface area contributed by atoms with Gasteiger partial charge in [0.05, 0.1) is 40.5 Å². The van der Waals surface area contributed by atoms with Gasteiger partial charge in [-0.1, -0.05) is 11.6 Å². The molecule has 1 heterocycles. The van der Waals surface area contributed by atoms with Gasteiger partial charge in [-0.3, -0.25) is 14.9 Å². The van der Waals surface area contributed by atoms with Crippen molar-refractivity contribution in [3.05, 3.63) is 49.6 Å². The third-order valence-electron chi connectivity index (χ3n) is 3.58. The number of hydrogen-bond acceptors (Lipinski definition) is 5. The molecule has 2 aromatic carbocycles. The molecule has 0 unspecified atom stereocenters. The molecule has 3 aromatic rings. The molecule has 8 heteroatoms. The minimum absolute atomic E-state index is 0.0588. The molecule has 0 amide bonds. The molecular formula is C15H11ClN2O5. The lowest BCUT2D eigenvalue weighted by Crippen LogP contribution is -2.07. The van der Waals surface area contributed by atoms with Gasteiger partial charge in [0.15, 0.2) is 5.43 Å². The van der Waals surface area contributed by atoms with E-state index in [2.05, 4.69) is 4.98 Å². The summed E-state index contributed by atoms with van der Waals surface area (Å²) < 4.78 is 10.4. The second kappa shape index (κ2) is 5.44. The Hall–Kier alpha value is -2.80. The van der Waals surface area contributed by atoms with Gasteiger partial charge in [0.2, 0.25) is 0 Å². The third kappa shape index (κ3) is 2.25. The molecule has 0 aliphatic rings. The summed E-state index contributed by atoms with van der Waals surface area (Å²) in [6, 6.07) is 5.70. The van der Waals surface area contributed by atoms with Gasteiger partial charge in [-0.05, 0) is 12.1 Å². The van der Waals surface area contributed by atoms with Gasteiger partial charge >= 0.3 is 0 Å². The zero-order valence-corrected chi connectivity index (χ0v) is 12.9. The molecule has 0 saturated carbocycles. The Balaban J connectivity index is 2.60. The minimum atomic E-state index is -0.573. The van der Waals surface area contributed by atoms with E-state index >= 15 is 0 Å². The van der Waals surface area contributed by atoms with Crippen LogP contribution in [0.5, 0.6) is 11.5 Å². The van der Waals surface area contributed by atoms with E-state index in [1.807, 2.05) is 0 Å². The van der Waals surface area contributed by atoms with Crippen molar-refractivity contribution in [3.63, 3.8) is 0 Å². The number of nitrogens with one attached hydrogen (secondary N) is 1. The molecule has 1 aromatic heterocycles. The molecule has 0 aliphatic carbocycles. The van der Waals surface area contributed by atoms with Gasteiger partial charge in [0.1, 0.15) is 17.0 Å². The first-order valence-corrected chi connectivity index (χ1v) is 6.90. The highest BCUT2D eigenvalue weighted by Gasteiger charge is 2.20. The van der Waals surface area contributed by atoms with Crippen LogP contribution in [0.1, 0.15) is 0 Å². The molecule has 23 heavy (non-hydrogen) atoms. The largest absolute Gasteiger partial charge is 0.497 e. The van der Waals surface area contributed by atoms with Crippen LogP contribution in [0.4, 0.5) is 5.69 Å². The van der Waals surface area contributed by atoms with Crippen LogP contribution >= 0.6 is 11.6 Å². The number of pyridine rings is 1. The van der Waals surface area contributed by atoms with Gasteiger partial charge < -0.3 is 14.5 Å². The van der Waals surface area contributed by atoms with Crippen LogP contribution in [0.3, 0.4) is 0 Å². The summed E-state index contributed by atoms with van der Waals surface area (Å²) in [5.41, 5.74) is -0.263. The molecular weight excluding hydrogens is 324 g/mol. The maximum Gasteiger partial charge on any atom is 0.293 e. The van der Waals surface area contributed by atoms with E-state index in [9.17, 15) is 14.9 Å². The summed E-state index contributed by atoms with van der Waals surface area (Å²) in [5.74, 6) is 0.772. The van der Waals surface area contributed by atoms with E-state index in [1.54, 1.807) is 6.07 Å². The summed E-state index contributed by atoms with van der Waals surface area (Å²) in [6.07, 6.45) is 0. The number of rotatable bonds is 3. The van der Waals surface area contributed by atoms with Crippen LogP contribution in [0.2, 0.25) is 5.02 Å². The maximum absolute atomic E-state index is 12.8. The Morgan fingerprint density at radius 2 is 1.91 bits per heavy atom. The molecule has 7 nitrogen and oxygen atoms in total. The Morgan fingerprint density at radius 3 is 2.52 bits per heavy atom. The Kier molecular flexibility index (Phi) is 3.57. The van der Waals surface area contributed by atoms with E-state index in [4.69, 9.17) is 21.1 Å². The van der Waals surface area contributed by atoms with Crippen LogP contribution in [0, 0.1) is 10.1 Å². The van der Waals surface area contributed by atoms with Crippen LogP contribution in [0.15, 0.2) is 29.1 Å². The number of halogens is 1. The lowest BCUT2D eigenvalue weighted by Gasteiger charge is -2.10. The highest BCUT2D eigenvalue weighted by Crippen LogP contribution is 2.34. The fourth-order valence-electron chi connectivity index (χ4n) is 2.50. The standard InChI is InChI=1S/C15H11ClN2O5/c1-22-7-5-8-13(11(6-7)23-2)17-14-10(18(20)21)4-3-9(16)12(14)15(8)19/h3-6H,1-2H3,(H,17,19). The predicted molar refractivity (Wildman–Crippen MR) is 86.8 cm³/mol. The lowest BCUT2D eigenvalue weighted by molar-refractivity contribution is -0.383. The van der Waals surface area contributed by atoms with E-state index in [-0.39, 0.29) is 27.0 Å². The Bertz CT molecular complexity index is 1010. The smallest absolute Gasteiger partial charge is 0.293 e. The van der Waals surface area contributed by atoms with Gasteiger partial charge in [0, 0.05) is 12.1 Å². The first-order chi connectivity index (χ1) is 11.0. The highest BCUT2D eigenvalue weighted by atomic mass is 35.5. The fraction of sp³-hybridized carbons (Fsp3) is 0.133. The number of aromatic nitrogens is 1. The van der Waals surface area contributed by atoms with E-state index in [0.29, 0.717) is 17.0 Å². The zero-order valence-electron chi connectivity index (χ0n) is 12.2. The fourth-order valence-corrected chi connectivity index (χ4v) is 2.75. The first kappa shape index (κ1) is 15.1. The van der Waals surface area contributed by atoms with Crippen molar-refractivity contribution in [2.45, 2.75) is 0 Å². The Labute approximate surface area is 134 Å². The number of fused-ring (bicyclic) bond motifs is 2. The number of nitrogens with zero attached hydrogens (tertiary/aromatic N) is 1. The van der Waals surface area contributed by atoms with Gasteiger partial charge in [0.25, 0.3) is 5.69 Å². The predicted octanol–water partition coefficient (Wildman–Crippen LogP) is 3.26. The SMILES string of the molecule is COc1cc(OC)c2[nH]c3c([N+](=O)[O-])ccc(Cl)c3c(=O)c2c1. The summed E-state index contributed by atoms with van der Waals surface area (Å²) in [6.45, 7) is 0. The first-order valence-electron chi connectivity index (χ1n) is 6.52. The summed E-state index contributed by atoms with van der Waals surface area (Å²) in [7, 11) is 2.90. The van der Waals surface area contributed by atoms with Crippen molar-refractivity contribution in [2.24, 2.45) is 0 Å². The summed E-state index contributed by atoms with van der Waals surface area (Å²) >= 11 is 6.08. The molecule has 3 rings (SSSR count). The molecule has 0 fully saturated rings. The van der Waals surface area contributed by atoms with Crippen molar-refractivity contribution in [1.29, 1.82) is 0 Å². The molecule has 0 spiro atoms. The minimum Gasteiger partial charge on any atom is -0.497 e. The maximum atomic E-state index is 12.8. The molecule has 1 N–H and O–H groups in total. The van der Waals surface area contributed by atoms with Crippen molar-refractivity contribution in [3.8, 4) is 11.5 Å². The molecule has 0 atom stereocenters. The number of hydrogen-bond donors (Lipinski definition) is 1. The zero-order chi connectivity index (χ0) is 16.7. The molecule has 0 aliphatic heterocycles. The number of benzene rings is 2. The number of aromatic amines is 1. The van der Waals surface area contributed by atoms with E-state index in [1.165, 1.54) is 32.4 Å². The molecule has 0 radical (unpaired) electrons. The molecule has 0 bridgehead atoms. The average Bonchev–Trinajstić information content (AvgIpc) is 2.54. The van der Waals surface area contributed by atoms with Crippen LogP contribution < -0.4 is 14.9 Å². The van der Waals surface area contributed by atoms with E-state index in [0.717, 1.165) is 0 Å². The topological polar surface area (TPSA) is 94.5 Å². The van der Waals surface area contributed by atoms with Crippen LogP contribution in [-0.4, -0.2) is 24.1 Å². The molecule has 118 valence electrons. The number of H-pyrrole nitrogens is 1. The lowest BCUT2D eigenvalue weighted by atomic mass is 10.1. The van der Waals surface area contributed by atoms with Crippen molar-refractivity contribution < 1.29 is 14.4 Å². The van der Waals surface area contributed by atoms with Crippen LogP contribution in [-0.2, 0) is 0 Å². The van der Waals surface area contributed by atoms with Crippen molar-refractivity contribution >= 4 is 39.1 Å².